The number of carbonyl (C=O) groups excluding carboxylic acids is 1. The van der Waals surface area contributed by atoms with E-state index in [2.05, 4.69) is 14.9 Å². The third-order valence-corrected chi connectivity index (χ3v) is 4.68. The molecule has 0 spiro atoms. The second-order valence-corrected chi connectivity index (χ2v) is 6.69. The van der Waals surface area contributed by atoms with Gasteiger partial charge in [-0.2, -0.15) is 0 Å². The van der Waals surface area contributed by atoms with Crippen LogP contribution in [0.3, 0.4) is 0 Å². The normalized spacial score (nSPS) is 22.2. The summed E-state index contributed by atoms with van der Waals surface area (Å²) in [7, 11) is 0. The molecule has 1 N–H and O–H groups in total. The lowest BCUT2D eigenvalue weighted by Crippen LogP contribution is -2.46. The van der Waals surface area contributed by atoms with Crippen LogP contribution in [-0.4, -0.2) is 27.6 Å². The molecule has 1 aromatic heterocycles. The zero-order valence-corrected chi connectivity index (χ0v) is 13.6. The first-order chi connectivity index (χ1) is 11.1. The van der Waals surface area contributed by atoms with Crippen LogP contribution in [0.25, 0.3) is 0 Å². The predicted octanol–water partition coefficient (Wildman–Crippen LogP) is 2.28. The van der Waals surface area contributed by atoms with Crippen molar-refractivity contribution in [3.8, 4) is 5.75 Å². The minimum absolute atomic E-state index is 0.0531. The molecule has 6 heteroatoms. The Labute approximate surface area is 139 Å². The van der Waals surface area contributed by atoms with E-state index in [9.17, 15) is 4.79 Å². The van der Waals surface area contributed by atoms with Crippen molar-refractivity contribution < 1.29 is 9.53 Å². The third kappa shape index (κ3) is 2.81. The molecule has 2 aliphatic heterocycles. The van der Waals surface area contributed by atoms with Crippen LogP contribution >= 0.6 is 11.6 Å². The van der Waals surface area contributed by atoms with Crippen molar-refractivity contribution in [2.75, 3.05) is 0 Å². The molecule has 0 radical (unpaired) electrons. The molecule has 120 valence electrons. The van der Waals surface area contributed by atoms with Gasteiger partial charge in [0.25, 0.3) is 5.91 Å². The number of imidazole rings is 1. The fourth-order valence-corrected chi connectivity index (χ4v) is 3.56. The number of carbonyl (C=O) groups is 1. The number of nitrogens with zero attached hydrogens (tertiary/aromatic N) is 2. The van der Waals surface area contributed by atoms with Crippen LogP contribution in [0.15, 0.2) is 24.4 Å². The van der Waals surface area contributed by atoms with Crippen LogP contribution in [0.4, 0.5) is 0 Å². The van der Waals surface area contributed by atoms with Gasteiger partial charge in [0.05, 0.1) is 5.69 Å². The van der Waals surface area contributed by atoms with Crippen molar-refractivity contribution in [3.63, 3.8) is 0 Å². The molecule has 1 aromatic carbocycles. The van der Waals surface area contributed by atoms with Gasteiger partial charge in [0.2, 0.25) is 0 Å². The molecule has 4 rings (SSSR count). The maximum atomic E-state index is 12.5. The summed E-state index contributed by atoms with van der Waals surface area (Å²) in [5.41, 5.74) is 2.02. The lowest BCUT2D eigenvalue weighted by Gasteiger charge is -2.25. The van der Waals surface area contributed by atoms with Crippen molar-refractivity contribution in [2.24, 2.45) is 0 Å². The molecule has 3 heterocycles. The van der Waals surface area contributed by atoms with E-state index in [0.29, 0.717) is 11.4 Å². The van der Waals surface area contributed by atoms with E-state index in [1.165, 1.54) is 0 Å². The van der Waals surface area contributed by atoms with Crippen molar-refractivity contribution in [1.82, 2.24) is 14.9 Å². The maximum Gasteiger partial charge on any atom is 0.261 e. The smallest absolute Gasteiger partial charge is 0.261 e. The van der Waals surface area contributed by atoms with Crippen LogP contribution in [0.5, 0.6) is 5.75 Å². The highest BCUT2D eigenvalue weighted by Gasteiger charge is 2.31. The fraction of sp³-hybridized carbons (Fsp3) is 0.412. The van der Waals surface area contributed by atoms with Crippen LogP contribution in [0, 0.1) is 6.92 Å². The fourth-order valence-electron chi connectivity index (χ4n) is 3.36. The van der Waals surface area contributed by atoms with Crippen molar-refractivity contribution in [1.29, 1.82) is 0 Å². The van der Waals surface area contributed by atoms with Crippen LogP contribution < -0.4 is 10.1 Å². The molecule has 0 saturated heterocycles. The molecule has 5 nitrogen and oxygen atoms in total. The number of ether oxygens (including phenoxy) is 1. The largest absolute Gasteiger partial charge is 0.480 e. The molecule has 2 aromatic rings. The first kappa shape index (κ1) is 14.6. The molecule has 0 aliphatic carbocycles. The summed E-state index contributed by atoms with van der Waals surface area (Å²) in [6, 6.07) is 5.60. The molecule has 0 bridgehead atoms. The molecule has 23 heavy (non-hydrogen) atoms. The molecule has 1 amide bonds. The van der Waals surface area contributed by atoms with Gasteiger partial charge < -0.3 is 14.6 Å². The predicted molar refractivity (Wildman–Crippen MR) is 86.8 cm³/mol. The Morgan fingerprint density at radius 3 is 3.22 bits per heavy atom. The monoisotopic (exact) mass is 331 g/mol. The molecule has 2 atom stereocenters. The summed E-state index contributed by atoms with van der Waals surface area (Å²) in [4.78, 5) is 17.0. The van der Waals surface area contributed by atoms with Crippen LogP contribution in [0.1, 0.15) is 23.5 Å². The standard InChI is InChI=1S/C17H18ClN3O2/c1-10-8-21-9-13(3-5-16(21)19-10)20-17(22)15-7-11-6-12(18)2-4-14(11)23-15/h2,4,6,8,13,15H,3,5,7,9H2,1H3,(H,20,22)/t13-,15-/m1/s1. The molecular weight excluding hydrogens is 314 g/mol. The Kier molecular flexibility index (Phi) is 3.53. The number of hydrogen-bond acceptors (Lipinski definition) is 3. The van der Waals surface area contributed by atoms with E-state index in [0.717, 1.165) is 42.2 Å². The van der Waals surface area contributed by atoms with Gasteiger partial charge in [0.1, 0.15) is 11.6 Å². The van der Waals surface area contributed by atoms with E-state index in [4.69, 9.17) is 16.3 Å². The molecule has 0 fully saturated rings. The van der Waals surface area contributed by atoms with Crippen molar-refractivity contribution in [3.05, 3.63) is 46.5 Å². The maximum absolute atomic E-state index is 12.5. The van der Waals surface area contributed by atoms with Crippen molar-refractivity contribution >= 4 is 17.5 Å². The number of amides is 1. The molecule has 0 unspecified atom stereocenters. The number of hydrogen-bond donors (Lipinski definition) is 1. The third-order valence-electron chi connectivity index (χ3n) is 4.45. The average Bonchev–Trinajstić information content (AvgIpc) is 3.08. The first-order valence-electron chi connectivity index (χ1n) is 7.86. The quantitative estimate of drug-likeness (QED) is 0.918. The Morgan fingerprint density at radius 1 is 1.48 bits per heavy atom. The number of nitrogens with one attached hydrogen (secondary N) is 1. The number of aryl methyl sites for hydroxylation is 2. The van der Waals surface area contributed by atoms with Crippen molar-refractivity contribution in [2.45, 2.75) is 44.9 Å². The van der Waals surface area contributed by atoms with Gasteiger partial charge in [-0.05, 0) is 37.1 Å². The average molecular weight is 332 g/mol. The van der Waals surface area contributed by atoms with E-state index in [-0.39, 0.29) is 11.9 Å². The Hall–Kier alpha value is -2.01. The summed E-state index contributed by atoms with van der Waals surface area (Å²) < 4.78 is 7.88. The van der Waals surface area contributed by atoms with Gasteiger partial charge in [0.15, 0.2) is 6.10 Å². The van der Waals surface area contributed by atoms with Crippen LogP contribution in [-0.2, 0) is 24.2 Å². The number of fused-ring (bicyclic) bond motifs is 2. The zero-order valence-electron chi connectivity index (χ0n) is 12.9. The second kappa shape index (κ2) is 5.57. The number of benzene rings is 1. The summed E-state index contributed by atoms with van der Waals surface area (Å²) in [5.74, 6) is 1.81. The number of halogens is 1. The zero-order chi connectivity index (χ0) is 16.0. The van der Waals surface area contributed by atoms with Crippen LogP contribution in [0.2, 0.25) is 5.02 Å². The molecule has 2 aliphatic rings. The van der Waals surface area contributed by atoms with Gasteiger partial charge >= 0.3 is 0 Å². The topological polar surface area (TPSA) is 56.2 Å². The molecular formula is C17H18ClN3O2. The minimum atomic E-state index is -0.464. The van der Waals surface area contributed by atoms with E-state index in [1.54, 1.807) is 6.07 Å². The Balaban J connectivity index is 1.40. The van der Waals surface area contributed by atoms with Gasteiger partial charge in [-0.15, -0.1) is 0 Å². The van der Waals surface area contributed by atoms with Gasteiger partial charge in [-0.1, -0.05) is 11.6 Å². The highest BCUT2D eigenvalue weighted by molar-refractivity contribution is 6.30. The highest BCUT2D eigenvalue weighted by Crippen LogP contribution is 2.31. The first-order valence-corrected chi connectivity index (χ1v) is 8.24. The lowest BCUT2D eigenvalue weighted by molar-refractivity contribution is -0.128. The second-order valence-electron chi connectivity index (χ2n) is 6.26. The Bertz CT molecular complexity index is 771. The summed E-state index contributed by atoms with van der Waals surface area (Å²) >= 11 is 5.99. The van der Waals surface area contributed by atoms with E-state index >= 15 is 0 Å². The SMILES string of the molecule is Cc1cn2c(n1)CC[C@@H](NC(=O)[C@H]1Cc3cc(Cl)ccc3O1)C2. The Morgan fingerprint density at radius 2 is 2.35 bits per heavy atom. The number of rotatable bonds is 2. The minimum Gasteiger partial charge on any atom is -0.480 e. The summed E-state index contributed by atoms with van der Waals surface area (Å²) in [6.45, 7) is 2.76. The summed E-state index contributed by atoms with van der Waals surface area (Å²) in [6.07, 6.45) is 3.95. The van der Waals surface area contributed by atoms with E-state index in [1.807, 2.05) is 25.3 Å². The summed E-state index contributed by atoms with van der Waals surface area (Å²) in [5, 5.41) is 3.78. The highest BCUT2D eigenvalue weighted by atomic mass is 35.5. The van der Waals surface area contributed by atoms with Gasteiger partial charge in [0, 0.05) is 36.6 Å². The van der Waals surface area contributed by atoms with Gasteiger partial charge in [-0.3, -0.25) is 4.79 Å². The number of aromatic nitrogens is 2. The van der Waals surface area contributed by atoms with E-state index < -0.39 is 6.10 Å². The lowest BCUT2D eigenvalue weighted by atomic mass is 10.1. The molecule has 0 saturated carbocycles. The van der Waals surface area contributed by atoms with Gasteiger partial charge in [-0.25, -0.2) is 4.98 Å².